The van der Waals surface area contributed by atoms with Gasteiger partial charge >= 0.3 is 11.9 Å². The first-order valence-electron chi connectivity index (χ1n) is 17.2. The van der Waals surface area contributed by atoms with Crippen molar-refractivity contribution >= 4 is 74.6 Å². The molecule has 5 heterocycles. The number of amides is 2. The molecule has 7 rings (SSSR count). The van der Waals surface area contributed by atoms with Gasteiger partial charge in [-0.1, -0.05) is 5.16 Å². The first-order valence-corrected chi connectivity index (χ1v) is 19.1. The Labute approximate surface area is 318 Å². The third-order valence-corrected chi connectivity index (χ3v) is 12.1. The summed E-state index contributed by atoms with van der Waals surface area (Å²) >= 11 is 2.14. The van der Waals surface area contributed by atoms with E-state index >= 15 is 0 Å². The van der Waals surface area contributed by atoms with E-state index in [1.165, 1.54) is 29.3 Å². The van der Waals surface area contributed by atoms with Gasteiger partial charge in [-0.2, -0.15) is 0 Å². The molecule has 3 aliphatic heterocycles. The van der Waals surface area contributed by atoms with Crippen LogP contribution in [0.3, 0.4) is 0 Å². The van der Waals surface area contributed by atoms with Crippen LogP contribution in [-0.2, 0) is 35.4 Å². The van der Waals surface area contributed by atoms with Gasteiger partial charge in [0.25, 0.3) is 11.8 Å². The minimum Gasteiger partial charge on any atom is -0.543 e. The highest BCUT2D eigenvalue weighted by molar-refractivity contribution is 8.00. The maximum Gasteiger partial charge on any atom is 0.348 e. The number of carbonyl (C=O) groups is 5. The number of likely N-dealkylation sites (tertiary alicyclic amines) is 1. The number of nitrogen functional groups attached to an aromatic ring is 1. The van der Waals surface area contributed by atoms with Crippen molar-refractivity contribution in [3.63, 3.8) is 0 Å². The van der Waals surface area contributed by atoms with Gasteiger partial charge in [0, 0.05) is 47.9 Å². The molecule has 3 aromatic rings. The van der Waals surface area contributed by atoms with Crippen LogP contribution in [0, 0.1) is 0 Å². The molecule has 2 saturated heterocycles. The zero-order chi connectivity index (χ0) is 39.3. The number of oxime groups is 1. The fourth-order valence-corrected chi connectivity index (χ4v) is 9.27. The third-order valence-electron chi connectivity index (χ3n) is 10.1. The molecule has 55 heavy (non-hydrogen) atoms. The van der Waals surface area contributed by atoms with Crippen molar-refractivity contribution in [2.24, 2.45) is 5.16 Å². The summed E-state index contributed by atoms with van der Waals surface area (Å²) in [5.41, 5.74) is 5.78. The van der Waals surface area contributed by atoms with Gasteiger partial charge in [0.15, 0.2) is 27.8 Å². The number of fused-ring (bicyclic) bond motifs is 2. The maximum absolute atomic E-state index is 13.8. The maximum atomic E-state index is 13.8. The molecule has 0 bridgehead atoms. The predicted octanol–water partition coefficient (Wildman–Crippen LogP) is -0.350. The molecule has 3 atom stereocenters. The van der Waals surface area contributed by atoms with Gasteiger partial charge in [-0.3, -0.25) is 24.1 Å². The number of aromatic hydroxyl groups is 2. The standard InChI is InChI=1S/C34H35N7O12S2/c35-34-36-19(14-55-34)25(38-53-23(32(49)50)9-24(44)45)29(47)37-26-30(48)40-27(33(51)52)16(13-54-31(26)40)12-41(5-1-2-6-41)11-15-10-39(17-3-4-17)20-8-22(43)21(42)7-18(20)28(15)46/h7-8,10,14,17,23,26,31H,1-6,9,11-13H2,(H7-,35,36,37,38,42,43,44,45,46,47,49,50,51,52)/t23-,26+,31+/m0/s1. The van der Waals surface area contributed by atoms with E-state index < -0.39 is 65.1 Å². The first kappa shape index (κ1) is 37.6. The number of rotatable bonds is 14. The van der Waals surface area contributed by atoms with Crippen LogP contribution in [0.15, 0.2) is 44.9 Å². The Bertz CT molecular complexity index is 2260. The Morgan fingerprint density at radius 3 is 2.44 bits per heavy atom. The minimum absolute atomic E-state index is 0.0213. The number of nitrogens with zero attached hydrogens (tertiary/aromatic N) is 5. The van der Waals surface area contributed by atoms with E-state index in [1.54, 1.807) is 6.20 Å². The number of aliphatic carboxylic acids is 3. The Balaban J connectivity index is 1.14. The zero-order valence-electron chi connectivity index (χ0n) is 28.9. The molecule has 19 nitrogen and oxygen atoms in total. The van der Waals surface area contributed by atoms with E-state index in [9.17, 15) is 49.2 Å². The van der Waals surface area contributed by atoms with Gasteiger partial charge in [-0.25, -0.2) is 9.78 Å². The number of phenolic OH excluding ortho intramolecular Hbond substituents is 2. The number of benzene rings is 1. The van der Waals surface area contributed by atoms with E-state index in [2.05, 4.69) is 15.5 Å². The smallest absolute Gasteiger partial charge is 0.348 e. The van der Waals surface area contributed by atoms with Gasteiger partial charge < -0.3 is 55.3 Å². The number of carboxylic acids is 3. The molecule has 4 aliphatic rings. The quantitative estimate of drug-likeness (QED) is 0.0400. The van der Waals surface area contributed by atoms with Gasteiger partial charge in [-0.15, -0.1) is 23.1 Å². The first-order chi connectivity index (χ1) is 26.2. The molecule has 1 aromatic carbocycles. The van der Waals surface area contributed by atoms with Crippen molar-refractivity contribution in [1.29, 1.82) is 0 Å². The molecule has 1 aliphatic carbocycles. The van der Waals surface area contributed by atoms with Crippen LogP contribution in [0.2, 0.25) is 0 Å². The summed E-state index contributed by atoms with van der Waals surface area (Å²) in [6.07, 6.45) is 2.29. The lowest BCUT2D eigenvalue weighted by molar-refractivity contribution is -0.925. The van der Waals surface area contributed by atoms with Gasteiger partial charge in [0.2, 0.25) is 6.10 Å². The molecular formula is C34H35N7O12S2. The number of hydrogen-bond donors (Lipinski definition) is 6. The van der Waals surface area contributed by atoms with Crippen LogP contribution < -0.4 is 21.6 Å². The number of carboxylic acid groups (broad SMARTS) is 3. The molecule has 3 fully saturated rings. The Kier molecular flexibility index (Phi) is 9.94. The molecule has 0 unspecified atom stereocenters. The second kappa shape index (κ2) is 14.5. The summed E-state index contributed by atoms with van der Waals surface area (Å²) < 4.78 is 2.29. The number of nitrogens with one attached hydrogen (secondary N) is 1. The number of hydrogen-bond acceptors (Lipinski definition) is 15. The summed E-state index contributed by atoms with van der Waals surface area (Å²) in [5.74, 6) is -7.11. The second-order valence-electron chi connectivity index (χ2n) is 13.9. The van der Waals surface area contributed by atoms with Gasteiger partial charge in [0.1, 0.15) is 30.2 Å². The average Bonchev–Trinajstić information content (AvgIpc) is 3.73. The number of quaternary nitrogens is 1. The number of phenols is 2. The van der Waals surface area contributed by atoms with Gasteiger partial charge in [-0.05, 0) is 18.9 Å². The molecule has 2 aromatic heterocycles. The topological polar surface area (TPSA) is 287 Å². The van der Waals surface area contributed by atoms with E-state index in [0.717, 1.165) is 41.9 Å². The van der Waals surface area contributed by atoms with Crippen molar-refractivity contribution in [2.75, 3.05) is 31.1 Å². The predicted molar refractivity (Wildman–Crippen MR) is 192 cm³/mol. The third kappa shape index (κ3) is 7.29. The highest BCUT2D eigenvalue weighted by atomic mass is 32.2. The van der Waals surface area contributed by atoms with Crippen LogP contribution in [0.4, 0.5) is 5.13 Å². The summed E-state index contributed by atoms with van der Waals surface area (Å²) in [6, 6.07) is 1.54. The van der Waals surface area contributed by atoms with Crippen LogP contribution in [0.25, 0.3) is 10.9 Å². The van der Waals surface area contributed by atoms with Crippen molar-refractivity contribution in [3.05, 3.63) is 56.5 Å². The molecule has 7 N–H and O–H groups in total. The van der Waals surface area contributed by atoms with E-state index in [0.29, 0.717) is 34.2 Å². The van der Waals surface area contributed by atoms with Crippen molar-refractivity contribution in [1.82, 2.24) is 19.8 Å². The van der Waals surface area contributed by atoms with Crippen LogP contribution in [0.1, 0.15) is 49.4 Å². The Morgan fingerprint density at radius 1 is 1.11 bits per heavy atom. The second-order valence-corrected chi connectivity index (χ2v) is 15.9. The normalized spacial score (nSPS) is 21.2. The fourth-order valence-electron chi connectivity index (χ4n) is 7.39. The molecule has 290 valence electrons. The molecule has 0 radical (unpaired) electrons. The van der Waals surface area contributed by atoms with Crippen molar-refractivity contribution < 1.29 is 58.8 Å². The number of thiazole rings is 1. The minimum atomic E-state index is -1.95. The van der Waals surface area contributed by atoms with E-state index in [4.69, 9.17) is 15.7 Å². The van der Waals surface area contributed by atoms with Gasteiger partial charge in [0.05, 0.1) is 47.6 Å². The lowest BCUT2D eigenvalue weighted by Gasteiger charge is -2.51. The highest BCUT2D eigenvalue weighted by Crippen LogP contribution is 2.42. The summed E-state index contributed by atoms with van der Waals surface area (Å²) in [5, 5.41) is 58.3. The molecular weight excluding hydrogens is 763 g/mol. The molecule has 0 spiro atoms. The number of nitrogens with two attached hydrogens (primary N) is 1. The number of carbonyl (C=O) groups excluding carboxylic acids is 3. The number of β-lactam (4-membered cyclic amide) rings is 1. The monoisotopic (exact) mass is 797 g/mol. The van der Waals surface area contributed by atoms with E-state index in [1.807, 2.05) is 4.57 Å². The summed E-state index contributed by atoms with van der Waals surface area (Å²) in [4.78, 5) is 86.2. The van der Waals surface area contributed by atoms with Crippen molar-refractivity contribution in [2.45, 2.75) is 62.2 Å². The fraction of sp³-hybridized carbons (Fsp3) is 0.412. The Hall–Kier alpha value is -5.67. The number of aromatic nitrogens is 2. The summed E-state index contributed by atoms with van der Waals surface area (Å²) in [7, 11) is 0. The molecule has 1 saturated carbocycles. The largest absolute Gasteiger partial charge is 0.543 e. The zero-order valence-corrected chi connectivity index (χ0v) is 30.5. The number of thioether (sulfide) groups is 1. The van der Waals surface area contributed by atoms with E-state index in [-0.39, 0.29) is 58.0 Å². The number of pyridine rings is 1. The molecule has 21 heteroatoms. The van der Waals surface area contributed by atoms with Crippen molar-refractivity contribution in [3.8, 4) is 11.5 Å². The SMILES string of the molecule is Nc1nc(/C(=N/O[C@@H](CC(=O)O)C(=O)O)C(=O)N[C@@H]2C(=O)N3C(C(=O)[O-])=C(C[N+]4(Cc5cn(C6CC6)c6cc(O)c(O)cc6c5=O)CCCC4)CS[C@H]23)cs1. The lowest BCUT2D eigenvalue weighted by atomic mass is 10.0. The molecule has 2 amide bonds. The lowest BCUT2D eigenvalue weighted by Crippen LogP contribution is -2.71. The van der Waals surface area contributed by atoms with Crippen LogP contribution in [0.5, 0.6) is 11.5 Å². The number of anilines is 1. The summed E-state index contributed by atoms with van der Waals surface area (Å²) in [6.45, 7) is 1.72. The Morgan fingerprint density at radius 2 is 1.82 bits per heavy atom. The van der Waals surface area contributed by atoms with Crippen LogP contribution in [-0.4, -0.2) is 118 Å². The average molecular weight is 798 g/mol. The highest BCUT2D eigenvalue weighted by Gasteiger charge is 2.54. The van der Waals surface area contributed by atoms with Crippen LogP contribution >= 0.6 is 23.1 Å².